The monoisotopic (exact) mass is 280 g/mol. The molecule has 3 aromatic rings. The van der Waals surface area contributed by atoms with Gasteiger partial charge in [0.2, 0.25) is 0 Å². The molecule has 1 atom stereocenters. The lowest BCUT2D eigenvalue weighted by atomic mass is 9.94. The number of fused-ring (bicyclic) bond motifs is 2. The van der Waals surface area contributed by atoms with E-state index in [1.807, 2.05) is 11.3 Å². The van der Waals surface area contributed by atoms with Crippen molar-refractivity contribution in [3.05, 3.63) is 58.6 Å². The van der Waals surface area contributed by atoms with E-state index in [0.717, 1.165) is 13.0 Å². The van der Waals surface area contributed by atoms with Crippen LogP contribution in [-0.4, -0.2) is 11.5 Å². The number of anilines is 1. The van der Waals surface area contributed by atoms with Gasteiger partial charge >= 0.3 is 0 Å². The Bertz CT molecular complexity index is 776. The zero-order valence-electron chi connectivity index (χ0n) is 11.4. The van der Waals surface area contributed by atoms with Gasteiger partial charge in [0.25, 0.3) is 0 Å². The first kappa shape index (κ1) is 11.9. The molecule has 0 aliphatic carbocycles. The molecular formula is C17H16N2S. The summed E-state index contributed by atoms with van der Waals surface area (Å²) in [5, 5.41) is 4.80. The maximum atomic E-state index is 4.89. The number of aromatic nitrogens is 1. The van der Waals surface area contributed by atoms with E-state index in [1.165, 1.54) is 32.0 Å². The first-order chi connectivity index (χ1) is 9.81. The zero-order valence-corrected chi connectivity index (χ0v) is 12.2. The van der Waals surface area contributed by atoms with Crippen LogP contribution in [-0.2, 0) is 6.42 Å². The summed E-state index contributed by atoms with van der Waals surface area (Å²) < 4.78 is 1.30. The SMILES string of the molecule is Cc1cccc2sc(C3CNc4ccccc4C3)nc12. The lowest BCUT2D eigenvalue weighted by Gasteiger charge is -2.24. The number of hydrogen-bond donors (Lipinski definition) is 1. The average molecular weight is 280 g/mol. The van der Waals surface area contributed by atoms with Crippen LogP contribution in [0.1, 0.15) is 22.1 Å². The molecule has 2 heterocycles. The third kappa shape index (κ3) is 1.90. The molecule has 1 N–H and O–H groups in total. The fourth-order valence-electron chi connectivity index (χ4n) is 2.89. The van der Waals surface area contributed by atoms with Gasteiger partial charge in [0.1, 0.15) is 0 Å². The molecule has 2 aromatic carbocycles. The lowest BCUT2D eigenvalue weighted by Crippen LogP contribution is -2.21. The van der Waals surface area contributed by atoms with Gasteiger partial charge in [-0.3, -0.25) is 0 Å². The molecule has 0 spiro atoms. The second-order valence-corrected chi connectivity index (χ2v) is 6.48. The molecule has 0 amide bonds. The highest BCUT2D eigenvalue weighted by molar-refractivity contribution is 7.18. The summed E-state index contributed by atoms with van der Waals surface area (Å²) in [6.07, 6.45) is 1.09. The Morgan fingerprint density at radius 3 is 2.95 bits per heavy atom. The van der Waals surface area contributed by atoms with Crippen molar-refractivity contribution in [2.75, 3.05) is 11.9 Å². The molecule has 0 fully saturated rings. The highest BCUT2D eigenvalue weighted by Gasteiger charge is 2.22. The minimum Gasteiger partial charge on any atom is -0.384 e. The van der Waals surface area contributed by atoms with Crippen LogP contribution in [0.5, 0.6) is 0 Å². The Morgan fingerprint density at radius 1 is 1.15 bits per heavy atom. The number of aryl methyl sites for hydroxylation is 1. The maximum absolute atomic E-state index is 4.89. The van der Waals surface area contributed by atoms with Gasteiger partial charge < -0.3 is 5.32 Å². The standard InChI is InChI=1S/C17H16N2S/c1-11-5-4-8-15-16(11)19-17(20-15)13-9-12-6-2-3-7-14(12)18-10-13/h2-8,13,18H,9-10H2,1H3. The van der Waals surface area contributed by atoms with Crippen LogP contribution < -0.4 is 5.32 Å². The molecule has 0 radical (unpaired) electrons. The molecule has 1 unspecified atom stereocenters. The predicted octanol–water partition coefficient (Wildman–Crippen LogP) is 4.36. The van der Waals surface area contributed by atoms with E-state index in [0.29, 0.717) is 5.92 Å². The van der Waals surface area contributed by atoms with Gasteiger partial charge in [-0.2, -0.15) is 0 Å². The third-order valence-electron chi connectivity index (χ3n) is 4.01. The van der Waals surface area contributed by atoms with Crippen LogP contribution in [0, 0.1) is 6.92 Å². The number of nitrogens with one attached hydrogen (secondary N) is 1. The summed E-state index contributed by atoms with van der Waals surface area (Å²) in [4.78, 5) is 4.89. The Labute approximate surface area is 122 Å². The normalized spacial score (nSPS) is 17.8. The molecule has 20 heavy (non-hydrogen) atoms. The minimum atomic E-state index is 0.488. The Morgan fingerprint density at radius 2 is 2.05 bits per heavy atom. The van der Waals surface area contributed by atoms with E-state index in [4.69, 9.17) is 4.98 Å². The lowest BCUT2D eigenvalue weighted by molar-refractivity contribution is 0.691. The van der Waals surface area contributed by atoms with E-state index in [1.54, 1.807) is 0 Å². The average Bonchev–Trinajstić information content (AvgIpc) is 2.92. The van der Waals surface area contributed by atoms with Crippen LogP contribution in [0.4, 0.5) is 5.69 Å². The van der Waals surface area contributed by atoms with Gasteiger partial charge in [0.05, 0.1) is 15.2 Å². The van der Waals surface area contributed by atoms with Crippen LogP contribution in [0.15, 0.2) is 42.5 Å². The highest BCUT2D eigenvalue weighted by Crippen LogP contribution is 2.35. The van der Waals surface area contributed by atoms with Crippen molar-refractivity contribution < 1.29 is 0 Å². The Balaban J connectivity index is 1.72. The van der Waals surface area contributed by atoms with Crippen molar-refractivity contribution in [3.8, 4) is 0 Å². The summed E-state index contributed by atoms with van der Waals surface area (Å²) in [7, 11) is 0. The summed E-state index contributed by atoms with van der Waals surface area (Å²) in [6, 6.07) is 15.0. The van der Waals surface area contributed by atoms with Crippen molar-refractivity contribution in [2.45, 2.75) is 19.3 Å². The van der Waals surface area contributed by atoms with Crippen molar-refractivity contribution in [2.24, 2.45) is 0 Å². The van der Waals surface area contributed by atoms with Gasteiger partial charge in [-0.05, 0) is 36.6 Å². The smallest absolute Gasteiger partial charge is 0.0990 e. The summed E-state index contributed by atoms with van der Waals surface area (Å²) >= 11 is 1.84. The molecule has 3 heteroatoms. The van der Waals surface area contributed by atoms with E-state index in [9.17, 15) is 0 Å². The van der Waals surface area contributed by atoms with Gasteiger partial charge in [-0.1, -0.05) is 30.3 Å². The number of thiazole rings is 1. The summed E-state index contributed by atoms with van der Waals surface area (Å²) in [5.74, 6) is 0.488. The quantitative estimate of drug-likeness (QED) is 0.716. The summed E-state index contributed by atoms with van der Waals surface area (Å²) in [6.45, 7) is 3.12. The number of para-hydroxylation sites is 2. The van der Waals surface area contributed by atoms with E-state index in [-0.39, 0.29) is 0 Å². The molecular weight excluding hydrogens is 264 g/mol. The number of rotatable bonds is 1. The van der Waals surface area contributed by atoms with Crippen molar-refractivity contribution in [1.82, 2.24) is 4.98 Å². The van der Waals surface area contributed by atoms with Gasteiger partial charge in [0.15, 0.2) is 0 Å². The molecule has 0 bridgehead atoms. The Hall–Kier alpha value is -1.87. The number of hydrogen-bond acceptors (Lipinski definition) is 3. The molecule has 100 valence electrons. The predicted molar refractivity (Wildman–Crippen MR) is 85.7 cm³/mol. The topological polar surface area (TPSA) is 24.9 Å². The van der Waals surface area contributed by atoms with Crippen LogP contribution in [0.2, 0.25) is 0 Å². The van der Waals surface area contributed by atoms with Gasteiger partial charge in [-0.15, -0.1) is 11.3 Å². The molecule has 0 saturated heterocycles. The highest BCUT2D eigenvalue weighted by atomic mass is 32.1. The molecule has 1 aliphatic rings. The second-order valence-electron chi connectivity index (χ2n) is 5.41. The molecule has 2 nitrogen and oxygen atoms in total. The molecule has 1 aromatic heterocycles. The fraction of sp³-hybridized carbons (Fsp3) is 0.235. The molecule has 0 saturated carbocycles. The van der Waals surface area contributed by atoms with Crippen molar-refractivity contribution >= 4 is 27.2 Å². The van der Waals surface area contributed by atoms with E-state index >= 15 is 0 Å². The number of nitrogens with zero attached hydrogens (tertiary/aromatic N) is 1. The third-order valence-corrected chi connectivity index (χ3v) is 5.19. The van der Waals surface area contributed by atoms with Crippen molar-refractivity contribution in [3.63, 3.8) is 0 Å². The first-order valence-corrected chi connectivity index (χ1v) is 7.81. The maximum Gasteiger partial charge on any atom is 0.0990 e. The van der Waals surface area contributed by atoms with Gasteiger partial charge in [-0.25, -0.2) is 4.98 Å². The minimum absolute atomic E-state index is 0.488. The number of benzene rings is 2. The van der Waals surface area contributed by atoms with Crippen LogP contribution >= 0.6 is 11.3 Å². The second kappa shape index (κ2) is 4.60. The van der Waals surface area contributed by atoms with E-state index in [2.05, 4.69) is 54.7 Å². The fourth-order valence-corrected chi connectivity index (χ4v) is 4.04. The van der Waals surface area contributed by atoms with E-state index < -0.39 is 0 Å². The largest absolute Gasteiger partial charge is 0.384 e. The zero-order chi connectivity index (χ0) is 13.5. The van der Waals surface area contributed by atoms with Crippen LogP contribution in [0.3, 0.4) is 0 Å². The van der Waals surface area contributed by atoms with Crippen molar-refractivity contribution in [1.29, 1.82) is 0 Å². The first-order valence-electron chi connectivity index (χ1n) is 6.99. The molecule has 4 rings (SSSR count). The molecule has 1 aliphatic heterocycles. The summed E-state index contributed by atoms with van der Waals surface area (Å²) in [5.41, 5.74) is 5.13. The Kier molecular flexibility index (Phi) is 2.74. The van der Waals surface area contributed by atoms with Gasteiger partial charge in [0, 0.05) is 18.2 Å². The van der Waals surface area contributed by atoms with Crippen LogP contribution in [0.25, 0.3) is 10.2 Å².